The largest absolute Gasteiger partial charge is 0.497 e. The maximum atomic E-state index is 13.2. The highest BCUT2D eigenvalue weighted by molar-refractivity contribution is 5.77. The first-order valence-electron chi connectivity index (χ1n) is 11.1. The Morgan fingerprint density at radius 2 is 2.00 bits per heavy atom. The minimum absolute atomic E-state index is 0.142. The van der Waals surface area contributed by atoms with Crippen LogP contribution in [0.3, 0.4) is 0 Å². The fourth-order valence-electron chi connectivity index (χ4n) is 4.33. The molecule has 30 heavy (non-hydrogen) atoms. The molecule has 0 spiro atoms. The van der Waals surface area contributed by atoms with Gasteiger partial charge in [0.15, 0.2) is 0 Å². The minimum atomic E-state index is -0.592. The summed E-state index contributed by atoms with van der Waals surface area (Å²) in [6, 6.07) is 7.38. The van der Waals surface area contributed by atoms with Gasteiger partial charge in [-0.3, -0.25) is 4.79 Å². The molecule has 1 amide bonds. The molecule has 7 heteroatoms. The predicted molar refractivity (Wildman–Crippen MR) is 113 cm³/mol. The van der Waals surface area contributed by atoms with Crippen LogP contribution in [-0.2, 0) is 4.79 Å². The summed E-state index contributed by atoms with van der Waals surface area (Å²) in [7, 11) is 1.64. The van der Waals surface area contributed by atoms with Crippen LogP contribution >= 0.6 is 0 Å². The summed E-state index contributed by atoms with van der Waals surface area (Å²) in [5.41, 5.74) is 2.02. The number of piperidine rings is 1. The summed E-state index contributed by atoms with van der Waals surface area (Å²) in [4.78, 5) is 15.1. The van der Waals surface area contributed by atoms with Crippen molar-refractivity contribution in [1.29, 1.82) is 0 Å². The molecule has 0 bridgehead atoms. The maximum Gasteiger partial charge on any atom is 0.223 e. The Labute approximate surface area is 178 Å². The van der Waals surface area contributed by atoms with Crippen LogP contribution in [0.4, 0.5) is 0 Å². The van der Waals surface area contributed by atoms with Crippen molar-refractivity contribution in [2.75, 3.05) is 13.7 Å². The summed E-state index contributed by atoms with van der Waals surface area (Å²) < 4.78 is 7.04. The average Bonchev–Trinajstić information content (AvgIpc) is 3.51. The standard InChI is InChI=1S/C23H32N4O3/c1-3-4-5-6-23(29)26-15-21(27-14-19(24-25-27)16-7-8-16)22(28)13-20(26)17-9-11-18(30-2)12-10-17/h9-12,14,16,20-22,28H,3-8,13,15H2,1-2H3/t20-,21+,22+/m1/s1. The summed E-state index contributed by atoms with van der Waals surface area (Å²) in [6.45, 7) is 2.58. The van der Waals surface area contributed by atoms with E-state index in [0.717, 1.165) is 49.1 Å². The lowest BCUT2D eigenvalue weighted by Gasteiger charge is -2.42. The smallest absolute Gasteiger partial charge is 0.223 e. The van der Waals surface area contributed by atoms with Crippen LogP contribution in [-0.4, -0.2) is 50.7 Å². The topological polar surface area (TPSA) is 80.5 Å². The van der Waals surface area contributed by atoms with E-state index < -0.39 is 6.10 Å². The third kappa shape index (κ3) is 4.51. The molecule has 4 rings (SSSR count). The van der Waals surface area contributed by atoms with E-state index in [-0.39, 0.29) is 18.0 Å². The van der Waals surface area contributed by atoms with Gasteiger partial charge in [0.1, 0.15) is 5.75 Å². The number of unbranched alkanes of at least 4 members (excludes halogenated alkanes) is 2. The molecule has 1 aliphatic heterocycles. The molecule has 2 heterocycles. The second kappa shape index (κ2) is 9.16. The van der Waals surface area contributed by atoms with Crippen molar-refractivity contribution in [3.05, 3.63) is 41.7 Å². The number of amides is 1. The first-order valence-corrected chi connectivity index (χ1v) is 11.1. The van der Waals surface area contributed by atoms with E-state index in [1.165, 1.54) is 0 Å². The Balaban J connectivity index is 1.56. The summed E-state index contributed by atoms with van der Waals surface area (Å²) >= 11 is 0. The van der Waals surface area contributed by atoms with Gasteiger partial charge in [-0.2, -0.15) is 0 Å². The van der Waals surface area contributed by atoms with E-state index in [2.05, 4.69) is 17.2 Å². The van der Waals surface area contributed by atoms with Crippen molar-refractivity contribution in [2.45, 2.75) is 76.0 Å². The Kier molecular flexibility index (Phi) is 6.37. The van der Waals surface area contributed by atoms with E-state index in [0.29, 0.717) is 25.3 Å². The van der Waals surface area contributed by atoms with Gasteiger partial charge in [0.2, 0.25) is 5.91 Å². The number of hydrogen-bond donors (Lipinski definition) is 1. The molecule has 1 saturated carbocycles. The van der Waals surface area contributed by atoms with Gasteiger partial charge >= 0.3 is 0 Å². The summed E-state index contributed by atoms with van der Waals surface area (Å²) in [5, 5.41) is 19.6. The van der Waals surface area contributed by atoms with Crippen LogP contribution in [0.15, 0.2) is 30.5 Å². The molecule has 1 aromatic heterocycles. The first kappa shape index (κ1) is 20.8. The van der Waals surface area contributed by atoms with Crippen molar-refractivity contribution in [3.8, 4) is 5.75 Å². The molecule has 2 fully saturated rings. The van der Waals surface area contributed by atoms with Gasteiger partial charge < -0.3 is 14.7 Å². The Hall–Kier alpha value is -2.41. The van der Waals surface area contributed by atoms with Gasteiger partial charge in [-0.05, 0) is 37.0 Å². The number of ether oxygens (including phenoxy) is 1. The zero-order valence-corrected chi connectivity index (χ0v) is 17.9. The fraction of sp³-hybridized carbons (Fsp3) is 0.609. The molecular formula is C23H32N4O3. The monoisotopic (exact) mass is 412 g/mol. The number of hydrogen-bond acceptors (Lipinski definition) is 5. The molecule has 1 saturated heterocycles. The molecule has 7 nitrogen and oxygen atoms in total. The number of aromatic nitrogens is 3. The molecule has 3 atom stereocenters. The number of methoxy groups -OCH3 is 1. The van der Waals surface area contributed by atoms with Crippen molar-refractivity contribution in [2.24, 2.45) is 0 Å². The number of carbonyl (C=O) groups excluding carboxylic acids is 1. The third-order valence-electron chi connectivity index (χ3n) is 6.35. The normalized spacial score (nSPS) is 24.1. The van der Waals surface area contributed by atoms with Crippen LogP contribution in [0.25, 0.3) is 0 Å². The molecular weight excluding hydrogens is 380 g/mol. The van der Waals surface area contributed by atoms with Gasteiger partial charge in [0.05, 0.1) is 31.0 Å². The van der Waals surface area contributed by atoms with E-state index in [1.807, 2.05) is 35.4 Å². The molecule has 1 aliphatic carbocycles. The summed E-state index contributed by atoms with van der Waals surface area (Å²) in [5.74, 6) is 1.44. The first-order chi connectivity index (χ1) is 14.6. The highest BCUT2D eigenvalue weighted by Crippen LogP contribution is 2.40. The second-order valence-corrected chi connectivity index (χ2v) is 8.56. The van der Waals surface area contributed by atoms with Gasteiger partial charge in [0.25, 0.3) is 0 Å². The number of likely N-dealkylation sites (tertiary alicyclic amines) is 1. The number of carbonyl (C=O) groups is 1. The van der Waals surface area contributed by atoms with Gasteiger partial charge in [0, 0.05) is 31.5 Å². The van der Waals surface area contributed by atoms with E-state index in [1.54, 1.807) is 11.8 Å². The predicted octanol–water partition coefficient (Wildman–Crippen LogP) is 3.62. The van der Waals surface area contributed by atoms with E-state index in [9.17, 15) is 9.90 Å². The van der Waals surface area contributed by atoms with Crippen molar-refractivity contribution < 1.29 is 14.6 Å². The number of benzene rings is 1. The lowest BCUT2D eigenvalue weighted by molar-refractivity contribution is -0.139. The number of rotatable bonds is 8. The highest BCUT2D eigenvalue weighted by atomic mass is 16.5. The fourth-order valence-corrected chi connectivity index (χ4v) is 4.33. The lowest BCUT2D eigenvalue weighted by atomic mass is 9.90. The Morgan fingerprint density at radius 3 is 2.67 bits per heavy atom. The molecule has 2 aromatic rings. The van der Waals surface area contributed by atoms with E-state index in [4.69, 9.17) is 4.74 Å². The number of nitrogens with zero attached hydrogens (tertiary/aromatic N) is 4. The van der Waals surface area contributed by atoms with Crippen molar-refractivity contribution in [1.82, 2.24) is 19.9 Å². The number of aliphatic hydroxyl groups is 1. The van der Waals surface area contributed by atoms with Crippen LogP contribution in [0, 0.1) is 0 Å². The zero-order valence-electron chi connectivity index (χ0n) is 17.9. The Bertz CT molecular complexity index is 846. The molecule has 1 N–H and O–H groups in total. The SMILES string of the molecule is CCCCCC(=O)N1C[C@H](n2cc(C3CC3)nn2)[C@@H](O)C[C@@H]1c1ccc(OC)cc1. The lowest BCUT2D eigenvalue weighted by Crippen LogP contribution is -2.48. The van der Waals surface area contributed by atoms with Gasteiger partial charge in [-0.15, -0.1) is 5.10 Å². The molecule has 162 valence electrons. The Morgan fingerprint density at radius 1 is 1.23 bits per heavy atom. The van der Waals surface area contributed by atoms with Crippen LogP contribution in [0.2, 0.25) is 0 Å². The quantitative estimate of drug-likeness (QED) is 0.670. The van der Waals surface area contributed by atoms with Crippen LogP contribution in [0.1, 0.15) is 81.1 Å². The van der Waals surface area contributed by atoms with Crippen LogP contribution in [0.5, 0.6) is 5.75 Å². The highest BCUT2D eigenvalue weighted by Gasteiger charge is 2.39. The molecule has 1 aromatic carbocycles. The van der Waals surface area contributed by atoms with Gasteiger partial charge in [-0.1, -0.05) is 37.1 Å². The second-order valence-electron chi connectivity index (χ2n) is 8.56. The van der Waals surface area contributed by atoms with E-state index >= 15 is 0 Å². The zero-order chi connectivity index (χ0) is 21.1. The molecule has 2 aliphatic rings. The average molecular weight is 413 g/mol. The van der Waals surface area contributed by atoms with Crippen molar-refractivity contribution in [3.63, 3.8) is 0 Å². The molecule has 0 radical (unpaired) electrons. The summed E-state index contributed by atoms with van der Waals surface area (Å²) in [6.07, 6.45) is 7.73. The molecule has 0 unspecified atom stereocenters. The van der Waals surface area contributed by atoms with Crippen LogP contribution < -0.4 is 4.74 Å². The number of aliphatic hydroxyl groups excluding tert-OH is 1. The van der Waals surface area contributed by atoms with Gasteiger partial charge in [-0.25, -0.2) is 4.68 Å². The maximum absolute atomic E-state index is 13.2. The third-order valence-corrected chi connectivity index (χ3v) is 6.35. The minimum Gasteiger partial charge on any atom is -0.497 e. The van der Waals surface area contributed by atoms with Crippen molar-refractivity contribution >= 4 is 5.91 Å².